The number of piperazine rings is 1. The van der Waals surface area contributed by atoms with Gasteiger partial charge in [0.15, 0.2) is 0 Å². The van der Waals surface area contributed by atoms with E-state index in [1.807, 2.05) is 32.6 Å². The second-order valence-corrected chi connectivity index (χ2v) is 6.60. The lowest BCUT2D eigenvalue weighted by molar-refractivity contribution is -0.136. The first kappa shape index (κ1) is 19.0. The molecule has 136 valence electrons. The van der Waals surface area contributed by atoms with Gasteiger partial charge in [-0.1, -0.05) is 0 Å². The number of aliphatic hydroxyl groups is 1. The molecule has 2 unspecified atom stereocenters. The lowest BCUT2D eigenvalue weighted by Crippen LogP contribution is -2.52. The second-order valence-electron chi connectivity index (χ2n) is 6.60. The topological polar surface area (TPSA) is 57.9 Å². The summed E-state index contributed by atoms with van der Waals surface area (Å²) in [4.78, 5) is 16.9. The zero-order valence-electron chi connectivity index (χ0n) is 15.4. The van der Waals surface area contributed by atoms with Crippen LogP contribution in [0, 0.1) is 13.8 Å². The van der Waals surface area contributed by atoms with Gasteiger partial charge in [-0.15, -0.1) is 0 Å². The summed E-state index contributed by atoms with van der Waals surface area (Å²) in [7, 11) is 0. The van der Waals surface area contributed by atoms with Crippen molar-refractivity contribution in [3.05, 3.63) is 23.5 Å². The molecule has 1 aromatic heterocycles. The predicted octanol–water partition coefficient (Wildman–Crippen LogP) is 1.21. The molecule has 0 spiro atoms. The van der Waals surface area contributed by atoms with E-state index >= 15 is 0 Å². The number of nitrogens with zero attached hydrogens (tertiary/aromatic N) is 3. The molecule has 1 aromatic rings. The normalized spacial score (nSPS) is 18.6. The highest BCUT2D eigenvalue weighted by Gasteiger charge is 2.27. The number of hydrogen-bond donors (Lipinski definition) is 1. The van der Waals surface area contributed by atoms with E-state index in [1.165, 1.54) is 0 Å². The molecule has 6 nitrogen and oxygen atoms in total. The maximum Gasteiger partial charge on any atom is 0.245 e. The second kappa shape index (κ2) is 8.65. The average molecular weight is 337 g/mol. The Morgan fingerprint density at radius 1 is 1.21 bits per heavy atom. The number of carbonyl (C=O) groups excluding carboxylic acids is 1. The molecular weight excluding hydrogens is 306 g/mol. The number of hydrogen-bond acceptors (Lipinski definition) is 4. The minimum Gasteiger partial charge on any atom is -0.389 e. The summed E-state index contributed by atoms with van der Waals surface area (Å²) in [5.41, 5.74) is 2.23. The van der Waals surface area contributed by atoms with E-state index in [1.54, 1.807) is 0 Å². The van der Waals surface area contributed by atoms with Gasteiger partial charge >= 0.3 is 0 Å². The molecule has 1 amide bonds. The third-order valence-electron chi connectivity index (χ3n) is 4.74. The van der Waals surface area contributed by atoms with Crippen molar-refractivity contribution in [3.63, 3.8) is 0 Å². The SMILES string of the molecule is CCOCC(O)CN1CCN(C(=O)C(C)n2c(C)ccc2C)CC1. The molecule has 0 bridgehead atoms. The number of ether oxygens (including phenoxy) is 1. The van der Waals surface area contributed by atoms with Crippen molar-refractivity contribution in [2.24, 2.45) is 0 Å². The van der Waals surface area contributed by atoms with Crippen LogP contribution >= 0.6 is 0 Å². The van der Waals surface area contributed by atoms with Gasteiger partial charge in [-0.3, -0.25) is 9.69 Å². The summed E-state index contributed by atoms with van der Waals surface area (Å²) in [6.07, 6.45) is -0.462. The molecule has 1 aliphatic heterocycles. The Morgan fingerprint density at radius 3 is 2.33 bits per heavy atom. The maximum absolute atomic E-state index is 12.8. The number of aromatic nitrogens is 1. The van der Waals surface area contributed by atoms with E-state index in [0.717, 1.165) is 24.5 Å². The first-order valence-electron chi connectivity index (χ1n) is 8.85. The molecule has 0 saturated carbocycles. The van der Waals surface area contributed by atoms with E-state index in [2.05, 4.69) is 21.6 Å². The van der Waals surface area contributed by atoms with E-state index in [-0.39, 0.29) is 11.9 Å². The van der Waals surface area contributed by atoms with Crippen LogP contribution in [-0.4, -0.2) is 77.4 Å². The van der Waals surface area contributed by atoms with Crippen LogP contribution < -0.4 is 0 Å². The Morgan fingerprint density at radius 2 is 1.79 bits per heavy atom. The third-order valence-corrected chi connectivity index (χ3v) is 4.74. The van der Waals surface area contributed by atoms with Crippen molar-refractivity contribution in [3.8, 4) is 0 Å². The van der Waals surface area contributed by atoms with Crippen LogP contribution in [-0.2, 0) is 9.53 Å². The standard InChI is InChI=1S/C18H31N3O3/c1-5-24-13-17(22)12-19-8-10-20(11-9-19)18(23)16(4)21-14(2)6-7-15(21)3/h6-7,16-17,22H,5,8-13H2,1-4H3. The monoisotopic (exact) mass is 337 g/mol. The summed E-state index contributed by atoms with van der Waals surface area (Å²) in [6, 6.07) is 3.93. The van der Waals surface area contributed by atoms with Gasteiger partial charge in [-0.2, -0.15) is 0 Å². The third kappa shape index (κ3) is 4.59. The van der Waals surface area contributed by atoms with Crippen molar-refractivity contribution in [2.45, 2.75) is 39.8 Å². The van der Waals surface area contributed by atoms with Gasteiger partial charge in [0.25, 0.3) is 0 Å². The first-order valence-corrected chi connectivity index (χ1v) is 8.85. The summed E-state index contributed by atoms with van der Waals surface area (Å²) in [5.74, 6) is 0.173. The van der Waals surface area contributed by atoms with Crippen LogP contribution in [0.4, 0.5) is 0 Å². The molecule has 1 fully saturated rings. The molecule has 2 heterocycles. The zero-order valence-corrected chi connectivity index (χ0v) is 15.4. The highest BCUT2D eigenvalue weighted by Crippen LogP contribution is 2.18. The van der Waals surface area contributed by atoms with Gasteiger partial charge < -0.3 is 19.3 Å². The molecule has 2 atom stereocenters. The lowest BCUT2D eigenvalue weighted by atomic mass is 10.2. The summed E-state index contributed by atoms with van der Waals surface area (Å²) >= 11 is 0. The molecule has 1 saturated heterocycles. The van der Waals surface area contributed by atoms with Crippen LogP contribution in [0.1, 0.15) is 31.3 Å². The predicted molar refractivity (Wildman–Crippen MR) is 94.1 cm³/mol. The Balaban J connectivity index is 1.84. The number of β-amino-alcohol motifs (C(OH)–C–C–N with tert-alkyl or cyclic N) is 1. The molecule has 0 aliphatic carbocycles. The van der Waals surface area contributed by atoms with Crippen molar-refractivity contribution in [2.75, 3.05) is 45.9 Å². The van der Waals surface area contributed by atoms with E-state index in [4.69, 9.17) is 4.74 Å². The quantitative estimate of drug-likeness (QED) is 0.812. The molecule has 0 radical (unpaired) electrons. The summed E-state index contributed by atoms with van der Waals surface area (Å²) in [6.45, 7) is 12.6. The van der Waals surface area contributed by atoms with E-state index < -0.39 is 6.10 Å². The first-order chi connectivity index (χ1) is 11.4. The molecule has 1 N–H and O–H groups in total. The fourth-order valence-corrected chi connectivity index (χ4v) is 3.42. The molecule has 6 heteroatoms. The largest absolute Gasteiger partial charge is 0.389 e. The Hall–Kier alpha value is -1.37. The van der Waals surface area contributed by atoms with E-state index in [9.17, 15) is 9.90 Å². The van der Waals surface area contributed by atoms with Crippen LogP contribution in [0.15, 0.2) is 12.1 Å². The van der Waals surface area contributed by atoms with Gasteiger partial charge in [-0.25, -0.2) is 0 Å². The summed E-state index contributed by atoms with van der Waals surface area (Å²) in [5, 5.41) is 9.93. The maximum atomic E-state index is 12.8. The smallest absolute Gasteiger partial charge is 0.245 e. The van der Waals surface area contributed by atoms with E-state index in [0.29, 0.717) is 32.8 Å². The zero-order chi connectivity index (χ0) is 17.7. The highest BCUT2D eigenvalue weighted by molar-refractivity contribution is 5.80. The van der Waals surface area contributed by atoms with Crippen molar-refractivity contribution >= 4 is 5.91 Å². The van der Waals surface area contributed by atoms with Crippen molar-refractivity contribution in [1.82, 2.24) is 14.4 Å². The number of amides is 1. The summed E-state index contributed by atoms with van der Waals surface area (Å²) < 4.78 is 7.35. The Kier molecular flexibility index (Phi) is 6.83. The van der Waals surface area contributed by atoms with Gasteiger partial charge in [0, 0.05) is 50.7 Å². The molecular formula is C18H31N3O3. The van der Waals surface area contributed by atoms with Crippen LogP contribution in [0.3, 0.4) is 0 Å². The van der Waals surface area contributed by atoms with Crippen molar-refractivity contribution < 1.29 is 14.6 Å². The molecule has 1 aliphatic rings. The molecule has 0 aromatic carbocycles. The highest BCUT2D eigenvalue weighted by atomic mass is 16.5. The van der Waals surface area contributed by atoms with Crippen LogP contribution in [0.2, 0.25) is 0 Å². The minimum absolute atomic E-state index is 0.171. The lowest BCUT2D eigenvalue weighted by Gasteiger charge is -2.37. The van der Waals surface area contributed by atoms with Gasteiger partial charge in [0.05, 0.1) is 12.7 Å². The number of carbonyl (C=O) groups is 1. The molecule has 24 heavy (non-hydrogen) atoms. The Labute approximate surface area is 145 Å². The number of rotatable bonds is 7. The Bertz CT molecular complexity index is 516. The minimum atomic E-state index is -0.462. The van der Waals surface area contributed by atoms with Crippen molar-refractivity contribution in [1.29, 1.82) is 0 Å². The van der Waals surface area contributed by atoms with Crippen LogP contribution in [0.25, 0.3) is 0 Å². The van der Waals surface area contributed by atoms with Gasteiger partial charge in [0.1, 0.15) is 6.04 Å². The fourth-order valence-electron chi connectivity index (χ4n) is 3.42. The fraction of sp³-hybridized carbons (Fsp3) is 0.722. The van der Waals surface area contributed by atoms with Gasteiger partial charge in [-0.05, 0) is 39.8 Å². The number of aliphatic hydroxyl groups excluding tert-OH is 1. The number of aryl methyl sites for hydroxylation is 2. The van der Waals surface area contributed by atoms with Gasteiger partial charge in [0.2, 0.25) is 5.91 Å². The average Bonchev–Trinajstić information content (AvgIpc) is 2.91. The van der Waals surface area contributed by atoms with Crippen LogP contribution in [0.5, 0.6) is 0 Å². The molecule has 2 rings (SSSR count).